The van der Waals surface area contributed by atoms with Crippen LogP contribution in [0, 0.1) is 11.8 Å². The molecule has 0 aliphatic rings. The van der Waals surface area contributed by atoms with E-state index in [1.54, 1.807) is 24.3 Å². The van der Waals surface area contributed by atoms with Gasteiger partial charge in [0, 0.05) is 24.0 Å². The molecule has 0 spiro atoms. The number of carbonyl (C=O) groups is 1. The molecule has 1 amide bonds. The number of nitrogens with one attached hydrogen (secondary N) is 1. The van der Waals surface area contributed by atoms with Gasteiger partial charge in [-0.3, -0.25) is 4.79 Å². The number of aromatic amines is 1. The number of nitrogens with zero attached hydrogens (tertiary/aromatic N) is 3. The molecule has 3 aromatic rings. The molecule has 164 valence electrons. The Kier molecular flexibility index (Phi) is 7.45. The fraction of sp³-hybridized carbons (Fsp3) is 0.400. The number of rotatable bonds is 9. The third kappa shape index (κ3) is 5.94. The maximum absolute atomic E-state index is 13.1. The Balaban J connectivity index is 1.73. The summed E-state index contributed by atoms with van der Waals surface area (Å²) in [4.78, 5) is 17.9. The zero-order valence-electron chi connectivity index (χ0n) is 18.8. The SMILES string of the molecule is CC(C)CCN(CCC(C)C)C(=O)c1ccc(N=Nc2c(O)[nH]c3ccccc23)cc1. The van der Waals surface area contributed by atoms with Gasteiger partial charge in [0.25, 0.3) is 5.91 Å². The summed E-state index contributed by atoms with van der Waals surface area (Å²) in [6, 6.07) is 14.7. The summed E-state index contributed by atoms with van der Waals surface area (Å²) in [5.74, 6) is 1.15. The number of aromatic hydroxyl groups is 1. The van der Waals surface area contributed by atoms with E-state index in [9.17, 15) is 9.90 Å². The summed E-state index contributed by atoms with van der Waals surface area (Å²) in [5, 5.41) is 19.4. The average Bonchev–Trinajstić information content (AvgIpc) is 3.07. The van der Waals surface area contributed by atoms with E-state index in [-0.39, 0.29) is 11.8 Å². The zero-order chi connectivity index (χ0) is 22.4. The summed E-state index contributed by atoms with van der Waals surface area (Å²) in [7, 11) is 0. The molecule has 0 saturated carbocycles. The Labute approximate surface area is 184 Å². The smallest absolute Gasteiger partial charge is 0.253 e. The van der Waals surface area contributed by atoms with Gasteiger partial charge in [0.1, 0.15) is 0 Å². The minimum Gasteiger partial charge on any atom is -0.493 e. The van der Waals surface area contributed by atoms with Gasteiger partial charge in [-0.15, -0.1) is 5.11 Å². The first-order chi connectivity index (χ1) is 14.8. The van der Waals surface area contributed by atoms with Crippen molar-refractivity contribution < 1.29 is 9.90 Å². The number of carbonyl (C=O) groups excluding carboxylic acids is 1. The van der Waals surface area contributed by atoms with Gasteiger partial charge in [0.2, 0.25) is 5.88 Å². The van der Waals surface area contributed by atoms with E-state index < -0.39 is 0 Å². The summed E-state index contributed by atoms with van der Waals surface area (Å²) in [5.41, 5.74) is 2.49. The van der Waals surface area contributed by atoms with Crippen LogP contribution in [0.5, 0.6) is 5.88 Å². The van der Waals surface area contributed by atoms with Gasteiger partial charge < -0.3 is 15.0 Å². The molecule has 2 aromatic carbocycles. The van der Waals surface area contributed by atoms with Gasteiger partial charge in [0.05, 0.1) is 11.2 Å². The van der Waals surface area contributed by atoms with Crippen LogP contribution in [0.25, 0.3) is 10.9 Å². The van der Waals surface area contributed by atoms with Crippen LogP contribution in [0.3, 0.4) is 0 Å². The second kappa shape index (κ2) is 10.2. The molecule has 1 aromatic heterocycles. The van der Waals surface area contributed by atoms with Crippen LogP contribution in [0.15, 0.2) is 58.8 Å². The monoisotopic (exact) mass is 420 g/mol. The number of para-hydroxylation sites is 1. The molecule has 0 bridgehead atoms. The van der Waals surface area contributed by atoms with Crippen molar-refractivity contribution in [1.82, 2.24) is 9.88 Å². The fourth-order valence-electron chi connectivity index (χ4n) is 3.32. The summed E-state index contributed by atoms with van der Waals surface area (Å²) in [6.45, 7) is 10.2. The normalized spacial score (nSPS) is 11.8. The first-order valence-corrected chi connectivity index (χ1v) is 11.0. The van der Waals surface area contributed by atoms with Gasteiger partial charge in [-0.1, -0.05) is 45.9 Å². The third-order valence-corrected chi connectivity index (χ3v) is 5.28. The van der Waals surface area contributed by atoms with E-state index in [1.807, 2.05) is 29.2 Å². The van der Waals surface area contributed by atoms with E-state index in [0.29, 0.717) is 28.8 Å². The molecule has 1 heterocycles. The number of hydrogen-bond donors (Lipinski definition) is 2. The van der Waals surface area contributed by atoms with Crippen molar-refractivity contribution in [3.63, 3.8) is 0 Å². The lowest BCUT2D eigenvalue weighted by molar-refractivity contribution is 0.0741. The van der Waals surface area contributed by atoms with Crippen LogP contribution in [-0.2, 0) is 0 Å². The fourth-order valence-corrected chi connectivity index (χ4v) is 3.32. The van der Waals surface area contributed by atoms with Crippen molar-refractivity contribution in [3.05, 3.63) is 54.1 Å². The molecule has 0 fully saturated rings. The minimum atomic E-state index is -0.0114. The molecule has 0 aliphatic heterocycles. The zero-order valence-corrected chi connectivity index (χ0v) is 18.8. The standard InChI is InChI=1S/C25H32N4O2/c1-17(2)13-15-29(16-14-18(3)4)25(31)19-9-11-20(12-10-19)27-28-23-21-7-5-6-8-22(21)26-24(23)30/h5-12,17-18,26,30H,13-16H2,1-4H3. The number of H-pyrrole nitrogens is 1. The maximum Gasteiger partial charge on any atom is 0.253 e. The Morgan fingerprint density at radius 3 is 2.16 bits per heavy atom. The van der Waals surface area contributed by atoms with Crippen LogP contribution in [0.2, 0.25) is 0 Å². The number of aromatic nitrogens is 1. The Bertz CT molecular complexity index is 1020. The van der Waals surface area contributed by atoms with Crippen molar-refractivity contribution in [2.45, 2.75) is 40.5 Å². The molecule has 31 heavy (non-hydrogen) atoms. The molecular formula is C25H32N4O2. The molecule has 3 rings (SSSR count). The molecule has 6 heteroatoms. The summed E-state index contributed by atoms with van der Waals surface area (Å²) >= 11 is 0. The topological polar surface area (TPSA) is 81.1 Å². The van der Waals surface area contributed by atoms with Gasteiger partial charge >= 0.3 is 0 Å². The first-order valence-electron chi connectivity index (χ1n) is 11.0. The average molecular weight is 421 g/mol. The van der Waals surface area contributed by atoms with Crippen molar-refractivity contribution >= 4 is 28.2 Å². The predicted molar refractivity (Wildman–Crippen MR) is 125 cm³/mol. The number of hydrogen-bond acceptors (Lipinski definition) is 4. The number of azo groups is 1. The Morgan fingerprint density at radius 2 is 1.55 bits per heavy atom. The van der Waals surface area contributed by atoms with Crippen LogP contribution in [0.1, 0.15) is 50.9 Å². The van der Waals surface area contributed by atoms with Gasteiger partial charge in [-0.2, -0.15) is 5.11 Å². The highest BCUT2D eigenvalue weighted by atomic mass is 16.3. The van der Waals surface area contributed by atoms with Crippen LogP contribution in [0.4, 0.5) is 11.4 Å². The molecule has 0 radical (unpaired) electrons. The van der Waals surface area contributed by atoms with E-state index in [2.05, 4.69) is 42.9 Å². The lowest BCUT2D eigenvalue weighted by Gasteiger charge is -2.24. The van der Waals surface area contributed by atoms with Crippen molar-refractivity contribution in [1.29, 1.82) is 0 Å². The van der Waals surface area contributed by atoms with Crippen molar-refractivity contribution in [2.75, 3.05) is 13.1 Å². The second-order valence-corrected chi connectivity index (χ2v) is 8.77. The minimum absolute atomic E-state index is 0.0114. The Morgan fingerprint density at radius 1 is 0.935 bits per heavy atom. The highest BCUT2D eigenvalue weighted by molar-refractivity contribution is 5.95. The predicted octanol–water partition coefficient (Wildman–Crippen LogP) is 6.82. The third-order valence-electron chi connectivity index (χ3n) is 5.28. The van der Waals surface area contributed by atoms with E-state index >= 15 is 0 Å². The molecule has 0 aliphatic carbocycles. The van der Waals surface area contributed by atoms with Crippen LogP contribution < -0.4 is 0 Å². The molecule has 2 N–H and O–H groups in total. The molecule has 0 saturated heterocycles. The summed E-state index contributed by atoms with van der Waals surface area (Å²) < 4.78 is 0. The Hall–Kier alpha value is -3.15. The van der Waals surface area contributed by atoms with Crippen LogP contribution >= 0.6 is 0 Å². The van der Waals surface area contributed by atoms with E-state index in [4.69, 9.17) is 0 Å². The van der Waals surface area contributed by atoms with Crippen molar-refractivity contribution in [3.8, 4) is 5.88 Å². The van der Waals surface area contributed by atoms with Crippen LogP contribution in [-0.4, -0.2) is 34.0 Å². The highest BCUT2D eigenvalue weighted by Gasteiger charge is 2.16. The number of amides is 1. The lowest BCUT2D eigenvalue weighted by Crippen LogP contribution is -2.34. The molecule has 6 nitrogen and oxygen atoms in total. The van der Waals surface area contributed by atoms with E-state index in [0.717, 1.165) is 36.8 Å². The molecule has 0 unspecified atom stereocenters. The van der Waals surface area contributed by atoms with Gasteiger partial charge in [-0.25, -0.2) is 0 Å². The number of fused-ring (bicyclic) bond motifs is 1. The number of benzene rings is 2. The van der Waals surface area contributed by atoms with E-state index in [1.165, 1.54) is 0 Å². The summed E-state index contributed by atoms with van der Waals surface area (Å²) in [6.07, 6.45) is 1.98. The lowest BCUT2D eigenvalue weighted by atomic mass is 10.1. The largest absolute Gasteiger partial charge is 0.493 e. The highest BCUT2D eigenvalue weighted by Crippen LogP contribution is 2.36. The molecule has 0 atom stereocenters. The maximum atomic E-state index is 13.1. The molecular weight excluding hydrogens is 388 g/mol. The van der Waals surface area contributed by atoms with Gasteiger partial charge in [-0.05, 0) is 55.0 Å². The van der Waals surface area contributed by atoms with Gasteiger partial charge in [0.15, 0.2) is 5.69 Å². The van der Waals surface area contributed by atoms with Crippen molar-refractivity contribution in [2.24, 2.45) is 22.1 Å². The quantitative estimate of drug-likeness (QED) is 0.372. The second-order valence-electron chi connectivity index (χ2n) is 8.77. The first kappa shape index (κ1) is 22.5.